The van der Waals surface area contributed by atoms with Crippen molar-refractivity contribution in [1.29, 1.82) is 0 Å². The number of carboxylic acids is 1. The van der Waals surface area contributed by atoms with E-state index in [2.05, 4.69) is 25.9 Å². The van der Waals surface area contributed by atoms with Gasteiger partial charge in [-0.2, -0.15) is 0 Å². The van der Waals surface area contributed by atoms with Crippen LogP contribution in [0.3, 0.4) is 0 Å². The van der Waals surface area contributed by atoms with Crippen LogP contribution in [0.4, 0.5) is 0 Å². The Hall–Kier alpha value is -1.82. The van der Waals surface area contributed by atoms with Crippen LogP contribution in [0.1, 0.15) is 12.1 Å². The first kappa shape index (κ1) is 13.6. The van der Waals surface area contributed by atoms with Gasteiger partial charge in [0, 0.05) is 6.42 Å². The van der Waals surface area contributed by atoms with Gasteiger partial charge in [0.1, 0.15) is 16.2 Å². The molecule has 0 fully saturated rings. The van der Waals surface area contributed by atoms with E-state index < -0.39 is 5.97 Å². The number of rotatable bonds is 5. The van der Waals surface area contributed by atoms with Gasteiger partial charge in [-0.25, -0.2) is 4.98 Å². The average Bonchev–Trinajstić information content (AvgIpc) is 2.77. The summed E-state index contributed by atoms with van der Waals surface area (Å²) >= 11 is 3.33. The van der Waals surface area contributed by atoms with Crippen LogP contribution in [0.5, 0.6) is 5.75 Å². The number of imidazole rings is 1. The van der Waals surface area contributed by atoms with Crippen molar-refractivity contribution in [1.82, 2.24) is 9.97 Å². The Morgan fingerprint density at radius 1 is 1.47 bits per heavy atom. The van der Waals surface area contributed by atoms with Crippen LogP contribution in [-0.4, -0.2) is 28.2 Å². The monoisotopic (exact) mass is 324 g/mol. The van der Waals surface area contributed by atoms with Gasteiger partial charge in [-0.15, -0.1) is 0 Å². The summed E-state index contributed by atoms with van der Waals surface area (Å²) in [5.74, 6) is 0.540. The molecule has 0 amide bonds. The van der Waals surface area contributed by atoms with Crippen molar-refractivity contribution in [2.24, 2.45) is 0 Å². The van der Waals surface area contributed by atoms with Gasteiger partial charge in [-0.1, -0.05) is 12.1 Å². The van der Waals surface area contributed by atoms with Crippen molar-refractivity contribution < 1.29 is 14.6 Å². The molecule has 2 rings (SSSR count). The van der Waals surface area contributed by atoms with E-state index >= 15 is 0 Å². The number of aryl methyl sites for hydroxylation is 1. The lowest BCUT2D eigenvalue weighted by molar-refractivity contribution is -0.136. The molecule has 0 bridgehead atoms. The lowest BCUT2D eigenvalue weighted by atomic mass is 10.2. The quantitative estimate of drug-likeness (QED) is 0.886. The number of carbonyl (C=O) groups is 1. The van der Waals surface area contributed by atoms with Gasteiger partial charge < -0.3 is 14.8 Å². The molecule has 5 nitrogen and oxygen atoms in total. The summed E-state index contributed by atoms with van der Waals surface area (Å²) in [5, 5.41) is 8.70. The van der Waals surface area contributed by atoms with Crippen molar-refractivity contribution >= 4 is 21.9 Å². The number of aromatic amines is 1. The molecular weight excluding hydrogens is 312 g/mol. The molecule has 2 N–H and O–H groups in total. The normalized spacial score (nSPS) is 10.4. The van der Waals surface area contributed by atoms with Crippen LogP contribution in [0, 0.1) is 0 Å². The third-order valence-electron chi connectivity index (χ3n) is 2.68. The number of halogens is 1. The molecule has 6 heteroatoms. The van der Waals surface area contributed by atoms with E-state index in [0.29, 0.717) is 22.6 Å². The number of hydrogen-bond acceptors (Lipinski definition) is 3. The van der Waals surface area contributed by atoms with Gasteiger partial charge in [0.05, 0.1) is 24.8 Å². The third-order valence-corrected chi connectivity index (χ3v) is 3.34. The summed E-state index contributed by atoms with van der Waals surface area (Å²) in [4.78, 5) is 18.1. The molecule has 0 saturated heterocycles. The second-order valence-electron chi connectivity index (χ2n) is 3.95. The van der Waals surface area contributed by atoms with Crippen molar-refractivity contribution in [3.8, 4) is 17.1 Å². The molecule has 0 aliphatic heterocycles. The molecule has 0 unspecified atom stereocenters. The fraction of sp³-hybridized carbons (Fsp3) is 0.231. The molecule has 0 saturated carbocycles. The molecule has 0 atom stereocenters. The second kappa shape index (κ2) is 5.88. The first-order valence-corrected chi connectivity index (χ1v) is 6.50. The zero-order valence-electron chi connectivity index (χ0n) is 10.3. The van der Waals surface area contributed by atoms with Crippen LogP contribution < -0.4 is 4.74 Å². The third kappa shape index (κ3) is 3.14. The lowest BCUT2D eigenvalue weighted by Crippen LogP contribution is -1.98. The number of nitrogens with one attached hydrogen (secondary N) is 1. The molecule has 100 valence electrons. The molecule has 1 aromatic carbocycles. The number of benzene rings is 1. The topological polar surface area (TPSA) is 75.2 Å². The van der Waals surface area contributed by atoms with Crippen LogP contribution in [-0.2, 0) is 11.2 Å². The highest BCUT2D eigenvalue weighted by Crippen LogP contribution is 2.29. The van der Waals surface area contributed by atoms with Crippen molar-refractivity contribution in [3.63, 3.8) is 0 Å². The SMILES string of the molecule is COc1ccccc1-c1nc(Br)c(CCC(=O)O)[nH]1. The molecule has 2 aromatic rings. The van der Waals surface area contributed by atoms with Crippen LogP contribution in [0.25, 0.3) is 11.4 Å². The number of aliphatic carboxylic acids is 1. The second-order valence-corrected chi connectivity index (χ2v) is 4.70. The minimum atomic E-state index is -0.833. The summed E-state index contributed by atoms with van der Waals surface area (Å²) in [7, 11) is 1.60. The molecular formula is C13H13BrN2O3. The molecule has 1 aromatic heterocycles. The van der Waals surface area contributed by atoms with Crippen LogP contribution >= 0.6 is 15.9 Å². The van der Waals surface area contributed by atoms with E-state index in [1.807, 2.05) is 24.3 Å². The highest BCUT2D eigenvalue weighted by Gasteiger charge is 2.13. The predicted octanol–water partition coefficient (Wildman–Crippen LogP) is 2.87. The number of aromatic nitrogens is 2. The Morgan fingerprint density at radius 2 is 2.21 bits per heavy atom. The van der Waals surface area contributed by atoms with E-state index in [0.717, 1.165) is 11.3 Å². The Balaban J connectivity index is 2.31. The van der Waals surface area contributed by atoms with Gasteiger partial charge in [-0.05, 0) is 28.1 Å². The summed E-state index contributed by atoms with van der Waals surface area (Å²) in [6.45, 7) is 0. The van der Waals surface area contributed by atoms with Gasteiger partial charge in [0.15, 0.2) is 0 Å². The molecule has 0 aliphatic carbocycles. The first-order valence-electron chi connectivity index (χ1n) is 5.71. The molecule has 0 radical (unpaired) electrons. The van der Waals surface area contributed by atoms with E-state index in [-0.39, 0.29) is 6.42 Å². The summed E-state index contributed by atoms with van der Waals surface area (Å²) in [5.41, 5.74) is 1.61. The maximum absolute atomic E-state index is 10.6. The highest BCUT2D eigenvalue weighted by atomic mass is 79.9. The van der Waals surface area contributed by atoms with Gasteiger partial charge >= 0.3 is 5.97 Å². The summed E-state index contributed by atoms with van der Waals surface area (Å²) in [6, 6.07) is 7.52. The van der Waals surface area contributed by atoms with E-state index in [1.165, 1.54) is 0 Å². The molecule has 0 spiro atoms. The number of carboxylic acid groups (broad SMARTS) is 1. The van der Waals surface area contributed by atoms with Gasteiger partial charge in [-0.3, -0.25) is 4.79 Å². The maximum Gasteiger partial charge on any atom is 0.303 e. The minimum Gasteiger partial charge on any atom is -0.496 e. The lowest BCUT2D eigenvalue weighted by Gasteiger charge is -2.04. The van der Waals surface area contributed by atoms with Crippen molar-refractivity contribution in [3.05, 3.63) is 34.6 Å². The Morgan fingerprint density at radius 3 is 2.89 bits per heavy atom. The largest absolute Gasteiger partial charge is 0.496 e. The molecule has 19 heavy (non-hydrogen) atoms. The average molecular weight is 325 g/mol. The van der Waals surface area contributed by atoms with Crippen molar-refractivity contribution in [2.45, 2.75) is 12.8 Å². The number of ether oxygens (including phenoxy) is 1. The Kier molecular flexibility index (Phi) is 4.21. The standard InChI is InChI=1S/C13H13BrN2O3/c1-19-10-5-3-2-4-8(10)13-15-9(12(14)16-13)6-7-11(17)18/h2-5H,6-7H2,1H3,(H,15,16)(H,17,18). The zero-order valence-corrected chi connectivity index (χ0v) is 11.9. The minimum absolute atomic E-state index is 0.0617. The smallest absolute Gasteiger partial charge is 0.303 e. The number of hydrogen-bond donors (Lipinski definition) is 2. The summed E-state index contributed by atoms with van der Waals surface area (Å²) in [6.07, 6.45) is 0.463. The molecule has 0 aliphatic rings. The van der Waals surface area contributed by atoms with E-state index in [9.17, 15) is 4.79 Å². The molecule has 1 heterocycles. The number of nitrogens with zero attached hydrogens (tertiary/aromatic N) is 1. The number of para-hydroxylation sites is 1. The number of methoxy groups -OCH3 is 1. The Labute approximate surface area is 118 Å². The first-order chi connectivity index (χ1) is 9.11. The number of H-pyrrole nitrogens is 1. The van der Waals surface area contributed by atoms with Crippen molar-refractivity contribution in [2.75, 3.05) is 7.11 Å². The highest BCUT2D eigenvalue weighted by molar-refractivity contribution is 9.10. The zero-order chi connectivity index (χ0) is 13.8. The Bertz CT molecular complexity index is 595. The fourth-order valence-electron chi connectivity index (χ4n) is 1.75. The van der Waals surface area contributed by atoms with Crippen LogP contribution in [0.15, 0.2) is 28.9 Å². The summed E-state index contributed by atoms with van der Waals surface area (Å²) < 4.78 is 5.91. The predicted molar refractivity (Wildman–Crippen MR) is 74.2 cm³/mol. The van der Waals surface area contributed by atoms with E-state index in [1.54, 1.807) is 7.11 Å². The maximum atomic E-state index is 10.6. The van der Waals surface area contributed by atoms with Gasteiger partial charge in [0.2, 0.25) is 0 Å². The van der Waals surface area contributed by atoms with E-state index in [4.69, 9.17) is 9.84 Å². The van der Waals surface area contributed by atoms with Crippen LogP contribution in [0.2, 0.25) is 0 Å². The van der Waals surface area contributed by atoms with Gasteiger partial charge in [0.25, 0.3) is 0 Å². The fourth-order valence-corrected chi connectivity index (χ4v) is 2.23.